The van der Waals surface area contributed by atoms with Crippen molar-refractivity contribution in [3.8, 4) is 0 Å². The third-order valence-electron chi connectivity index (χ3n) is 3.22. The molecular weight excluding hydrogens is 294 g/mol. The van der Waals surface area contributed by atoms with E-state index in [1.54, 1.807) is 21.9 Å². The van der Waals surface area contributed by atoms with Crippen molar-refractivity contribution in [1.29, 1.82) is 0 Å². The number of halogens is 1. The number of nitrogens with zero attached hydrogens (tertiary/aromatic N) is 5. The summed E-state index contributed by atoms with van der Waals surface area (Å²) >= 11 is 5.65. The molecule has 0 radical (unpaired) electrons. The lowest BCUT2D eigenvalue weighted by atomic mass is 10.2. The molecule has 0 aliphatic carbocycles. The molecule has 1 aliphatic rings. The zero-order chi connectivity index (χ0) is 15.4. The monoisotopic (exact) mass is 311 g/mol. The molecule has 0 spiro atoms. The predicted molar refractivity (Wildman–Crippen MR) is 78.1 cm³/mol. The zero-order valence-electron chi connectivity index (χ0n) is 12.1. The maximum Gasteiger partial charge on any atom is 0.274 e. The molecule has 1 fully saturated rings. The third kappa shape index (κ3) is 4.12. The summed E-state index contributed by atoms with van der Waals surface area (Å²) < 4.78 is 0. The highest BCUT2D eigenvalue weighted by Gasteiger charge is 2.25. The Morgan fingerprint density at radius 1 is 1.14 bits per heavy atom. The fourth-order valence-corrected chi connectivity index (χ4v) is 2.22. The van der Waals surface area contributed by atoms with Gasteiger partial charge in [-0.2, -0.15) is 0 Å². The Morgan fingerprint density at radius 3 is 2.29 bits per heavy atom. The van der Waals surface area contributed by atoms with Crippen LogP contribution >= 0.6 is 11.6 Å². The number of carbonyl (C=O) groups is 2. The van der Waals surface area contributed by atoms with Gasteiger partial charge in [-0.25, -0.2) is 0 Å². The van der Waals surface area contributed by atoms with Crippen LogP contribution in [-0.2, 0) is 4.79 Å². The quantitative estimate of drug-likeness (QED) is 0.784. The first-order valence-electron chi connectivity index (χ1n) is 6.68. The Hall–Kier alpha value is -1.73. The van der Waals surface area contributed by atoms with E-state index in [2.05, 4.69) is 10.2 Å². The van der Waals surface area contributed by atoms with E-state index in [0.29, 0.717) is 32.7 Å². The number of likely N-dealkylation sites (N-methyl/N-ethyl adjacent to an activating group) is 1. The second-order valence-electron chi connectivity index (χ2n) is 5.15. The molecule has 1 aromatic heterocycles. The highest BCUT2D eigenvalue weighted by molar-refractivity contribution is 6.29. The van der Waals surface area contributed by atoms with E-state index in [9.17, 15) is 9.59 Å². The summed E-state index contributed by atoms with van der Waals surface area (Å²) in [5, 5.41) is 7.71. The van der Waals surface area contributed by atoms with Crippen LogP contribution in [0.1, 0.15) is 10.5 Å². The van der Waals surface area contributed by atoms with Crippen molar-refractivity contribution in [2.24, 2.45) is 0 Å². The lowest BCUT2D eigenvalue weighted by Crippen LogP contribution is -2.52. The van der Waals surface area contributed by atoms with Crippen molar-refractivity contribution in [2.75, 3.05) is 46.8 Å². The molecule has 0 atom stereocenters. The Morgan fingerprint density at radius 2 is 1.76 bits per heavy atom. The summed E-state index contributed by atoms with van der Waals surface area (Å²) in [6, 6.07) is 3.10. The van der Waals surface area contributed by atoms with Gasteiger partial charge in [0.1, 0.15) is 0 Å². The van der Waals surface area contributed by atoms with Gasteiger partial charge in [0.05, 0.1) is 6.54 Å². The standard InChI is InChI=1S/C13H18ClN5O2/c1-17(2)9-12(20)18-5-7-19(8-6-18)13(21)10-3-4-11(14)16-15-10/h3-4H,5-9H2,1-2H3. The fraction of sp³-hybridized carbons (Fsp3) is 0.538. The molecule has 21 heavy (non-hydrogen) atoms. The SMILES string of the molecule is CN(C)CC(=O)N1CCN(C(=O)c2ccc(Cl)nn2)CC1. The second-order valence-corrected chi connectivity index (χ2v) is 5.54. The minimum Gasteiger partial charge on any atom is -0.338 e. The van der Waals surface area contributed by atoms with Crippen molar-refractivity contribution in [3.63, 3.8) is 0 Å². The van der Waals surface area contributed by atoms with Crippen LogP contribution in [0.2, 0.25) is 5.15 Å². The van der Waals surface area contributed by atoms with Gasteiger partial charge in [-0.15, -0.1) is 10.2 Å². The normalized spacial score (nSPS) is 15.4. The highest BCUT2D eigenvalue weighted by Crippen LogP contribution is 2.09. The number of hydrogen-bond acceptors (Lipinski definition) is 5. The first-order valence-corrected chi connectivity index (χ1v) is 7.06. The average molecular weight is 312 g/mol. The molecule has 114 valence electrons. The van der Waals surface area contributed by atoms with Crippen LogP contribution in [0.3, 0.4) is 0 Å². The van der Waals surface area contributed by atoms with E-state index in [0.717, 1.165) is 0 Å². The van der Waals surface area contributed by atoms with Gasteiger partial charge in [0, 0.05) is 26.2 Å². The molecule has 1 aromatic rings. The van der Waals surface area contributed by atoms with Crippen molar-refractivity contribution in [1.82, 2.24) is 24.9 Å². The van der Waals surface area contributed by atoms with E-state index < -0.39 is 0 Å². The van der Waals surface area contributed by atoms with Gasteiger partial charge < -0.3 is 14.7 Å². The van der Waals surface area contributed by atoms with Gasteiger partial charge in [0.2, 0.25) is 5.91 Å². The van der Waals surface area contributed by atoms with Gasteiger partial charge in [0.25, 0.3) is 5.91 Å². The van der Waals surface area contributed by atoms with Crippen LogP contribution in [0.15, 0.2) is 12.1 Å². The van der Waals surface area contributed by atoms with Crippen LogP contribution in [0.25, 0.3) is 0 Å². The van der Waals surface area contributed by atoms with Gasteiger partial charge in [0.15, 0.2) is 10.8 Å². The summed E-state index contributed by atoms with van der Waals surface area (Å²) in [7, 11) is 3.72. The van der Waals surface area contributed by atoms with Crippen LogP contribution in [0, 0.1) is 0 Å². The number of piperazine rings is 1. The largest absolute Gasteiger partial charge is 0.338 e. The Balaban J connectivity index is 1.90. The Kier molecular flexibility index (Phi) is 5.08. The fourth-order valence-electron chi connectivity index (χ4n) is 2.12. The Bertz CT molecular complexity index is 512. The van der Waals surface area contributed by atoms with Crippen LogP contribution in [-0.4, -0.2) is 83.5 Å². The molecule has 0 N–H and O–H groups in total. The number of amides is 2. The molecule has 1 aliphatic heterocycles. The van der Waals surface area contributed by atoms with Crippen molar-refractivity contribution >= 4 is 23.4 Å². The van der Waals surface area contributed by atoms with Crippen LogP contribution in [0.4, 0.5) is 0 Å². The Labute approximate surface area is 128 Å². The van der Waals surface area contributed by atoms with Gasteiger partial charge in [-0.05, 0) is 26.2 Å². The summed E-state index contributed by atoms with van der Waals surface area (Å²) in [5.74, 6) is -0.0998. The summed E-state index contributed by atoms with van der Waals surface area (Å²) in [6.07, 6.45) is 0. The molecule has 2 amide bonds. The lowest BCUT2D eigenvalue weighted by Gasteiger charge is -2.35. The van der Waals surface area contributed by atoms with Gasteiger partial charge >= 0.3 is 0 Å². The number of rotatable bonds is 3. The summed E-state index contributed by atoms with van der Waals surface area (Å²) in [6.45, 7) is 2.47. The first kappa shape index (κ1) is 15.7. The zero-order valence-corrected chi connectivity index (χ0v) is 12.9. The van der Waals surface area contributed by atoms with E-state index in [4.69, 9.17) is 11.6 Å². The van der Waals surface area contributed by atoms with E-state index in [-0.39, 0.29) is 22.7 Å². The molecular formula is C13H18ClN5O2. The molecule has 0 aromatic carbocycles. The highest BCUT2D eigenvalue weighted by atomic mass is 35.5. The molecule has 2 heterocycles. The van der Waals surface area contributed by atoms with Crippen molar-refractivity contribution < 1.29 is 9.59 Å². The molecule has 1 saturated heterocycles. The van der Waals surface area contributed by atoms with E-state index in [1.165, 1.54) is 0 Å². The van der Waals surface area contributed by atoms with E-state index in [1.807, 2.05) is 19.0 Å². The van der Waals surface area contributed by atoms with Crippen molar-refractivity contribution in [2.45, 2.75) is 0 Å². The molecule has 0 bridgehead atoms. The van der Waals surface area contributed by atoms with Crippen LogP contribution < -0.4 is 0 Å². The minimum absolute atomic E-state index is 0.0818. The van der Waals surface area contributed by atoms with E-state index >= 15 is 0 Å². The van der Waals surface area contributed by atoms with Crippen LogP contribution in [0.5, 0.6) is 0 Å². The third-order valence-corrected chi connectivity index (χ3v) is 3.42. The molecule has 7 nitrogen and oxygen atoms in total. The molecule has 0 saturated carbocycles. The summed E-state index contributed by atoms with van der Waals surface area (Å²) in [5.41, 5.74) is 0.271. The van der Waals surface area contributed by atoms with Gasteiger partial charge in [-0.1, -0.05) is 11.6 Å². The smallest absolute Gasteiger partial charge is 0.274 e. The topological polar surface area (TPSA) is 69.6 Å². The number of carbonyl (C=O) groups excluding carboxylic acids is 2. The number of aromatic nitrogens is 2. The molecule has 0 unspecified atom stereocenters. The molecule has 8 heteroatoms. The lowest BCUT2D eigenvalue weighted by molar-refractivity contribution is -0.133. The minimum atomic E-state index is -0.182. The summed E-state index contributed by atoms with van der Waals surface area (Å²) in [4.78, 5) is 29.5. The number of hydrogen-bond donors (Lipinski definition) is 0. The van der Waals surface area contributed by atoms with Gasteiger partial charge in [-0.3, -0.25) is 9.59 Å². The average Bonchev–Trinajstić information content (AvgIpc) is 2.47. The maximum atomic E-state index is 12.2. The predicted octanol–water partition coefficient (Wildman–Crippen LogP) is -0.0240. The second kappa shape index (κ2) is 6.82. The maximum absolute atomic E-state index is 12.2. The van der Waals surface area contributed by atoms with Crippen molar-refractivity contribution in [3.05, 3.63) is 23.0 Å². The first-order chi connectivity index (χ1) is 9.97. The molecule has 2 rings (SSSR count).